The molecule has 0 aliphatic heterocycles. The van der Waals surface area contributed by atoms with Gasteiger partial charge in [-0.2, -0.15) is 13.2 Å². The third-order valence-corrected chi connectivity index (χ3v) is 3.13. The first-order chi connectivity index (χ1) is 11.4. The smallest absolute Gasteiger partial charge is 0.390 e. The van der Waals surface area contributed by atoms with E-state index in [1.54, 1.807) is 0 Å². The largest absolute Gasteiger partial charge is 0.494 e. The first-order valence-electron chi connectivity index (χ1n) is 8.25. The summed E-state index contributed by atoms with van der Waals surface area (Å²) in [7, 11) is 0. The highest BCUT2D eigenvalue weighted by molar-refractivity contribution is 5.79. The summed E-state index contributed by atoms with van der Waals surface area (Å²) in [6.45, 7) is 5.39. The zero-order valence-electron chi connectivity index (χ0n) is 14.2. The van der Waals surface area contributed by atoms with Gasteiger partial charge < -0.3 is 15.4 Å². The van der Waals surface area contributed by atoms with Crippen LogP contribution in [0.5, 0.6) is 5.75 Å². The molecule has 24 heavy (non-hydrogen) atoms. The molecule has 1 aromatic carbocycles. The summed E-state index contributed by atoms with van der Waals surface area (Å²) >= 11 is 0. The lowest BCUT2D eigenvalue weighted by Gasteiger charge is -2.12. The van der Waals surface area contributed by atoms with Gasteiger partial charge in [0.2, 0.25) is 0 Å². The first-order valence-corrected chi connectivity index (χ1v) is 8.25. The minimum absolute atomic E-state index is 0.199. The van der Waals surface area contributed by atoms with Crippen LogP contribution in [0.1, 0.15) is 38.7 Å². The second-order valence-corrected chi connectivity index (χ2v) is 5.34. The van der Waals surface area contributed by atoms with Crippen LogP contribution in [-0.2, 0) is 6.54 Å². The number of hydrogen-bond acceptors (Lipinski definition) is 2. The Hall–Kier alpha value is -1.92. The van der Waals surface area contributed by atoms with Gasteiger partial charge in [-0.3, -0.25) is 0 Å². The normalized spacial score (nSPS) is 12.1. The molecule has 1 aromatic rings. The van der Waals surface area contributed by atoms with Crippen LogP contribution >= 0.6 is 0 Å². The van der Waals surface area contributed by atoms with Crippen LogP contribution in [0.3, 0.4) is 0 Å². The molecule has 0 amide bonds. The molecule has 0 radical (unpaired) electrons. The van der Waals surface area contributed by atoms with E-state index in [0.717, 1.165) is 24.2 Å². The second kappa shape index (κ2) is 10.8. The van der Waals surface area contributed by atoms with Crippen molar-refractivity contribution in [1.82, 2.24) is 10.6 Å². The minimum atomic E-state index is -4.17. The molecule has 136 valence electrons. The van der Waals surface area contributed by atoms with E-state index in [1.165, 1.54) is 0 Å². The Morgan fingerprint density at radius 1 is 1.21 bits per heavy atom. The van der Waals surface area contributed by atoms with Gasteiger partial charge in [0.05, 0.1) is 19.6 Å². The lowest BCUT2D eigenvalue weighted by atomic mass is 10.2. The number of ether oxygens (including phenoxy) is 1. The zero-order chi connectivity index (χ0) is 17.8. The summed E-state index contributed by atoms with van der Waals surface area (Å²) < 4.78 is 42.2. The summed E-state index contributed by atoms with van der Waals surface area (Å²) in [6, 6.07) is 7.58. The average molecular weight is 345 g/mol. The molecule has 0 saturated carbocycles. The molecule has 2 N–H and O–H groups in total. The summed E-state index contributed by atoms with van der Waals surface area (Å²) in [6.07, 6.45) is -3.00. The Kier molecular flexibility index (Phi) is 9.04. The molecule has 0 aliphatic carbocycles. The van der Waals surface area contributed by atoms with Gasteiger partial charge in [0.1, 0.15) is 5.75 Å². The van der Waals surface area contributed by atoms with Gasteiger partial charge >= 0.3 is 6.18 Å². The van der Waals surface area contributed by atoms with Crippen molar-refractivity contribution in [1.29, 1.82) is 0 Å². The molecule has 0 aliphatic rings. The highest BCUT2D eigenvalue weighted by atomic mass is 19.4. The minimum Gasteiger partial charge on any atom is -0.494 e. The molecule has 0 spiro atoms. The molecule has 0 atom stereocenters. The number of hydrogen-bond donors (Lipinski definition) is 2. The van der Waals surface area contributed by atoms with Crippen LogP contribution in [0.4, 0.5) is 13.2 Å². The van der Waals surface area contributed by atoms with Crippen LogP contribution in [0, 0.1) is 0 Å². The van der Waals surface area contributed by atoms with E-state index in [4.69, 9.17) is 4.74 Å². The van der Waals surface area contributed by atoms with Crippen molar-refractivity contribution < 1.29 is 17.9 Å². The van der Waals surface area contributed by atoms with Gasteiger partial charge in [-0.15, -0.1) is 0 Å². The van der Waals surface area contributed by atoms with Crippen LogP contribution < -0.4 is 15.4 Å². The molecule has 0 unspecified atom stereocenters. The van der Waals surface area contributed by atoms with Crippen LogP contribution in [0.2, 0.25) is 0 Å². The Balaban J connectivity index is 2.56. The summed E-state index contributed by atoms with van der Waals surface area (Å²) in [5.74, 6) is 1.16. The van der Waals surface area contributed by atoms with E-state index >= 15 is 0 Å². The monoisotopic (exact) mass is 345 g/mol. The van der Waals surface area contributed by atoms with Crippen LogP contribution in [0.15, 0.2) is 29.3 Å². The predicted molar refractivity (Wildman–Crippen MR) is 90.3 cm³/mol. The van der Waals surface area contributed by atoms with Crippen LogP contribution in [0.25, 0.3) is 0 Å². The number of aliphatic imine (C=N–C) groups is 1. The van der Waals surface area contributed by atoms with Gasteiger partial charge in [-0.05, 0) is 31.0 Å². The van der Waals surface area contributed by atoms with E-state index in [9.17, 15) is 13.2 Å². The maximum absolute atomic E-state index is 12.2. The van der Waals surface area contributed by atoms with Gasteiger partial charge in [-0.25, -0.2) is 4.99 Å². The molecule has 0 aromatic heterocycles. The Bertz CT molecular complexity index is 504. The number of unbranched alkanes of at least 4 members (excludes halogenated alkanes) is 1. The topological polar surface area (TPSA) is 45.6 Å². The standard InChI is InChI=1S/C17H26F3N3O/c1-3-5-11-24-15-8-6-7-14(12-15)13-23-16(21-4-2)22-10-9-17(18,19)20/h6-8,12H,3-5,9-11,13H2,1-2H3,(H2,21,22,23). The summed E-state index contributed by atoms with van der Waals surface area (Å²) in [5.41, 5.74) is 0.942. The number of benzene rings is 1. The summed E-state index contributed by atoms with van der Waals surface area (Å²) in [5, 5.41) is 5.63. The van der Waals surface area contributed by atoms with Crippen molar-refractivity contribution in [3.63, 3.8) is 0 Å². The maximum Gasteiger partial charge on any atom is 0.390 e. The number of rotatable bonds is 9. The van der Waals surface area contributed by atoms with E-state index in [0.29, 0.717) is 25.7 Å². The third-order valence-electron chi connectivity index (χ3n) is 3.13. The van der Waals surface area contributed by atoms with Gasteiger partial charge in [0.25, 0.3) is 0 Å². The predicted octanol–water partition coefficient (Wildman–Crippen LogP) is 3.87. The van der Waals surface area contributed by atoms with Crippen molar-refractivity contribution in [2.45, 2.75) is 45.8 Å². The molecular weight excluding hydrogens is 319 g/mol. The SMILES string of the molecule is CCCCOc1cccc(CN=C(NCC)NCCC(F)(F)F)c1. The summed E-state index contributed by atoms with van der Waals surface area (Å²) in [4.78, 5) is 4.31. The van der Waals surface area contributed by atoms with E-state index in [2.05, 4.69) is 22.5 Å². The van der Waals surface area contributed by atoms with E-state index in [-0.39, 0.29) is 6.54 Å². The van der Waals surface area contributed by atoms with Gasteiger partial charge in [0.15, 0.2) is 5.96 Å². The highest BCUT2D eigenvalue weighted by Crippen LogP contribution is 2.18. The fourth-order valence-corrected chi connectivity index (χ4v) is 1.90. The molecule has 4 nitrogen and oxygen atoms in total. The van der Waals surface area contributed by atoms with Crippen molar-refractivity contribution >= 4 is 5.96 Å². The Labute approximate surface area is 141 Å². The number of nitrogens with one attached hydrogen (secondary N) is 2. The molecule has 7 heteroatoms. The number of guanidine groups is 1. The lowest BCUT2D eigenvalue weighted by Crippen LogP contribution is -2.38. The molecule has 0 saturated heterocycles. The maximum atomic E-state index is 12.2. The number of halogens is 3. The Morgan fingerprint density at radius 2 is 2.00 bits per heavy atom. The molecular formula is C17H26F3N3O. The molecule has 0 bridgehead atoms. The Morgan fingerprint density at radius 3 is 2.67 bits per heavy atom. The molecule has 0 heterocycles. The second-order valence-electron chi connectivity index (χ2n) is 5.34. The average Bonchev–Trinajstić information content (AvgIpc) is 2.52. The number of alkyl halides is 3. The lowest BCUT2D eigenvalue weighted by molar-refractivity contribution is -0.132. The quantitative estimate of drug-likeness (QED) is 0.406. The third kappa shape index (κ3) is 9.27. The van der Waals surface area contributed by atoms with Crippen molar-refractivity contribution in [3.05, 3.63) is 29.8 Å². The van der Waals surface area contributed by atoms with E-state index in [1.807, 2.05) is 31.2 Å². The van der Waals surface area contributed by atoms with Crippen molar-refractivity contribution in [2.24, 2.45) is 4.99 Å². The fourth-order valence-electron chi connectivity index (χ4n) is 1.90. The van der Waals surface area contributed by atoms with E-state index < -0.39 is 12.6 Å². The van der Waals surface area contributed by atoms with Gasteiger partial charge in [0, 0.05) is 13.1 Å². The molecule has 0 fully saturated rings. The van der Waals surface area contributed by atoms with Crippen LogP contribution in [-0.4, -0.2) is 31.8 Å². The number of nitrogens with zero attached hydrogens (tertiary/aromatic N) is 1. The first kappa shape index (κ1) is 20.1. The fraction of sp³-hybridized carbons (Fsp3) is 0.588. The zero-order valence-corrected chi connectivity index (χ0v) is 14.2. The van der Waals surface area contributed by atoms with Gasteiger partial charge in [-0.1, -0.05) is 25.5 Å². The molecule has 1 rings (SSSR count). The van der Waals surface area contributed by atoms with Crippen molar-refractivity contribution in [3.8, 4) is 5.75 Å². The highest BCUT2D eigenvalue weighted by Gasteiger charge is 2.26. The van der Waals surface area contributed by atoms with Crippen molar-refractivity contribution in [2.75, 3.05) is 19.7 Å².